The molecule has 0 amide bonds. The van der Waals surface area contributed by atoms with Crippen LogP contribution in [0.15, 0.2) is 36.4 Å². The topological polar surface area (TPSA) is 78.2 Å². The highest BCUT2D eigenvalue weighted by Gasteiger charge is 2.34. The number of benzene rings is 2. The maximum Gasteiger partial charge on any atom is 0.298 e. The van der Waals surface area contributed by atoms with Crippen molar-refractivity contribution in [2.45, 2.75) is 79.1 Å². The highest BCUT2D eigenvalue weighted by atomic mass is 31.2. The van der Waals surface area contributed by atoms with Crippen molar-refractivity contribution in [1.29, 1.82) is 5.41 Å². The second-order valence-electron chi connectivity index (χ2n) is 8.49. The van der Waals surface area contributed by atoms with Gasteiger partial charge in [0.05, 0.1) is 0 Å². The molecule has 0 aliphatic carbocycles. The first-order valence-electron chi connectivity index (χ1n) is 11.3. The van der Waals surface area contributed by atoms with E-state index in [0.717, 1.165) is 42.4 Å². The van der Waals surface area contributed by atoms with E-state index in [9.17, 15) is 14.3 Å². The summed E-state index contributed by atoms with van der Waals surface area (Å²) in [5, 5.41) is 8.10. The standard InChI is InChI=1S/C26H36NO3P/c1-5-7-8-9-11-22-16-19(3)25(20(4)17-22)26(28)31(29,30)24-14-12-21(13-15-24)18-23(27)10-6-2/h12-17,27H,5-11,18H2,1-4H3,(H,29,30). The molecule has 31 heavy (non-hydrogen) atoms. The molecule has 0 heterocycles. The predicted octanol–water partition coefficient (Wildman–Crippen LogP) is 6.52. The van der Waals surface area contributed by atoms with Crippen LogP contribution < -0.4 is 5.30 Å². The van der Waals surface area contributed by atoms with Gasteiger partial charge >= 0.3 is 0 Å². The molecule has 168 valence electrons. The molecule has 5 heteroatoms. The molecule has 2 aromatic carbocycles. The summed E-state index contributed by atoms with van der Waals surface area (Å²) in [5.41, 5.74) is 3.90. The number of aryl methyl sites for hydroxylation is 3. The Bertz CT molecular complexity index is 940. The van der Waals surface area contributed by atoms with Crippen LogP contribution in [-0.4, -0.2) is 16.1 Å². The molecular formula is C26H36NO3P. The first kappa shape index (κ1) is 25.2. The number of unbranched alkanes of at least 4 members (excludes halogenated alkanes) is 3. The minimum absolute atomic E-state index is 0.144. The normalized spacial score (nSPS) is 13.1. The molecule has 0 saturated carbocycles. The van der Waals surface area contributed by atoms with Gasteiger partial charge in [-0.15, -0.1) is 0 Å². The molecule has 1 atom stereocenters. The summed E-state index contributed by atoms with van der Waals surface area (Å²) in [6, 6.07) is 10.6. The Kier molecular flexibility index (Phi) is 9.40. The summed E-state index contributed by atoms with van der Waals surface area (Å²) in [6.45, 7) is 7.91. The monoisotopic (exact) mass is 441 g/mol. The van der Waals surface area contributed by atoms with Crippen molar-refractivity contribution < 1.29 is 14.3 Å². The molecule has 0 aliphatic rings. The van der Waals surface area contributed by atoms with Crippen LogP contribution in [0.4, 0.5) is 0 Å². The first-order chi connectivity index (χ1) is 14.7. The van der Waals surface area contributed by atoms with Gasteiger partial charge in [0.1, 0.15) is 0 Å². The average molecular weight is 442 g/mol. The lowest BCUT2D eigenvalue weighted by molar-refractivity contribution is 0.106. The Morgan fingerprint density at radius 3 is 2.10 bits per heavy atom. The number of hydrogen-bond donors (Lipinski definition) is 2. The Balaban J connectivity index is 2.20. The molecule has 2 aromatic rings. The van der Waals surface area contributed by atoms with Crippen molar-refractivity contribution in [2.75, 3.05) is 0 Å². The van der Waals surface area contributed by atoms with Crippen molar-refractivity contribution >= 4 is 23.9 Å². The van der Waals surface area contributed by atoms with E-state index in [1.165, 1.54) is 24.8 Å². The van der Waals surface area contributed by atoms with E-state index < -0.39 is 12.9 Å². The van der Waals surface area contributed by atoms with Gasteiger partial charge in [-0.3, -0.25) is 9.36 Å². The summed E-state index contributed by atoms with van der Waals surface area (Å²) in [4.78, 5) is 23.9. The van der Waals surface area contributed by atoms with Gasteiger partial charge in [0.15, 0.2) is 0 Å². The zero-order chi connectivity index (χ0) is 23.0. The highest BCUT2D eigenvalue weighted by molar-refractivity contribution is 7.82. The molecule has 0 spiro atoms. The predicted molar refractivity (Wildman–Crippen MR) is 130 cm³/mol. The molecule has 4 nitrogen and oxygen atoms in total. The number of carbonyl (C=O) groups excluding carboxylic acids is 1. The second kappa shape index (κ2) is 11.5. The number of hydrogen-bond acceptors (Lipinski definition) is 3. The van der Waals surface area contributed by atoms with E-state index in [0.29, 0.717) is 17.7 Å². The van der Waals surface area contributed by atoms with Crippen LogP contribution >= 0.6 is 7.37 Å². The molecule has 0 fully saturated rings. The molecule has 0 aliphatic heterocycles. The summed E-state index contributed by atoms with van der Waals surface area (Å²) in [6.07, 6.45) is 7.87. The molecular weight excluding hydrogens is 405 g/mol. The van der Waals surface area contributed by atoms with Crippen LogP contribution in [0.2, 0.25) is 0 Å². The van der Waals surface area contributed by atoms with Crippen LogP contribution in [0.3, 0.4) is 0 Å². The summed E-state index contributed by atoms with van der Waals surface area (Å²) in [5.74, 6) is 0. The van der Waals surface area contributed by atoms with Crippen LogP contribution in [0.25, 0.3) is 0 Å². The fourth-order valence-electron chi connectivity index (χ4n) is 4.01. The molecule has 0 bridgehead atoms. The fraction of sp³-hybridized carbons (Fsp3) is 0.462. The lowest BCUT2D eigenvalue weighted by Gasteiger charge is -2.16. The molecule has 0 saturated heterocycles. The minimum atomic E-state index is -4.22. The van der Waals surface area contributed by atoms with Gasteiger partial charge in [0, 0.05) is 23.0 Å². The molecule has 0 radical (unpaired) electrons. The average Bonchev–Trinajstić information content (AvgIpc) is 2.71. The third-order valence-corrected chi connectivity index (χ3v) is 7.43. The second-order valence-corrected chi connectivity index (χ2v) is 10.6. The number of carbonyl (C=O) groups is 1. The number of nitrogens with one attached hydrogen (secondary N) is 1. The van der Waals surface area contributed by atoms with Gasteiger partial charge in [-0.1, -0.05) is 63.8 Å². The zero-order valence-electron chi connectivity index (χ0n) is 19.3. The lowest BCUT2D eigenvalue weighted by atomic mass is 9.97. The van der Waals surface area contributed by atoms with Crippen molar-refractivity contribution in [3.8, 4) is 0 Å². The summed E-state index contributed by atoms with van der Waals surface area (Å²) >= 11 is 0. The van der Waals surface area contributed by atoms with E-state index in [1.54, 1.807) is 24.3 Å². The van der Waals surface area contributed by atoms with Crippen LogP contribution in [0.5, 0.6) is 0 Å². The quantitative estimate of drug-likeness (QED) is 0.223. The first-order valence-corrected chi connectivity index (χ1v) is 13.0. The van der Waals surface area contributed by atoms with Gasteiger partial charge in [-0.25, -0.2) is 0 Å². The van der Waals surface area contributed by atoms with Crippen LogP contribution in [-0.2, 0) is 17.4 Å². The lowest BCUT2D eigenvalue weighted by Crippen LogP contribution is -2.15. The van der Waals surface area contributed by atoms with E-state index in [-0.39, 0.29) is 5.30 Å². The van der Waals surface area contributed by atoms with E-state index in [4.69, 9.17) is 5.41 Å². The minimum Gasteiger partial charge on any atom is -0.336 e. The van der Waals surface area contributed by atoms with Crippen molar-refractivity contribution in [1.82, 2.24) is 0 Å². The van der Waals surface area contributed by atoms with E-state index >= 15 is 0 Å². The van der Waals surface area contributed by atoms with Crippen LogP contribution in [0.1, 0.15) is 85.0 Å². The molecule has 2 rings (SSSR count). The molecule has 0 aromatic heterocycles. The van der Waals surface area contributed by atoms with Crippen molar-refractivity contribution in [2.24, 2.45) is 0 Å². The SMILES string of the molecule is CCCCCCc1cc(C)c(C(=O)P(=O)(O)c2ccc(CC(=N)CCC)cc2)c(C)c1. The van der Waals surface area contributed by atoms with E-state index in [1.807, 2.05) is 32.9 Å². The summed E-state index contributed by atoms with van der Waals surface area (Å²) < 4.78 is 13.1. The van der Waals surface area contributed by atoms with Gasteiger partial charge in [-0.2, -0.15) is 0 Å². The van der Waals surface area contributed by atoms with Gasteiger partial charge in [0.2, 0.25) is 0 Å². The van der Waals surface area contributed by atoms with Gasteiger partial charge < -0.3 is 10.3 Å². The fourth-order valence-corrected chi connectivity index (χ4v) is 5.46. The van der Waals surface area contributed by atoms with E-state index in [2.05, 4.69) is 6.92 Å². The highest BCUT2D eigenvalue weighted by Crippen LogP contribution is 2.44. The van der Waals surface area contributed by atoms with Crippen LogP contribution in [0, 0.1) is 19.3 Å². The zero-order valence-corrected chi connectivity index (χ0v) is 20.2. The third kappa shape index (κ3) is 6.72. The Labute approximate surface area is 187 Å². The Morgan fingerprint density at radius 1 is 0.935 bits per heavy atom. The van der Waals surface area contributed by atoms with Gasteiger partial charge in [-0.05, 0) is 67.5 Å². The Hall–Kier alpha value is -2.03. The third-order valence-electron chi connectivity index (χ3n) is 5.66. The number of rotatable bonds is 12. The van der Waals surface area contributed by atoms with Gasteiger partial charge in [0.25, 0.3) is 12.9 Å². The summed E-state index contributed by atoms with van der Waals surface area (Å²) in [7, 11) is -4.22. The molecule has 2 N–H and O–H groups in total. The maximum atomic E-state index is 13.1. The maximum absolute atomic E-state index is 13.1. The smallest absolute Gasteiger partial charge is 0.298 e. The largest absolute Gasteiger partial charge is 0.336 e. The molecule has 1 unspecified atom stereocenters. The van der Waals surface area contributed by atoms with Crippen molar-refractivity contribution in [3.63, 3.8) is 0 Å². The van der Waals surface area contributed by atoms with Crippen molar-refractivity contribution in [3.05, 3.63) is 64.2 Å². The Morgan fingerprint density at radius 2 is 1.55 bits per heavy atom.